The van der Waals surface area contributed by atoms with Crippen molar-refractivity contribution in [3.05, 3.63) is 11.6 Å². The van der Waals surface area contributed by atoms with E-state index in [0.717, 1.165) is 25.9 Å². The van der Waals surface area contributed by atoms with Crippen LogP contribution in [0.2, 0.25) is 18.1 Å². The zero-order valence-electron chi connectivity index (χ0n) is 18.8. The maximum absolute atomic E-state index is 6.85. The number of hydrogen-bond acceptors (Lipinski definition) is 4. The van der Waals surface area contributed by atoms with Crippen molar-refractivity contribution >= 4 is 8.32 Å². The highest BCUT2D eigenvalue weighted by Crippen LogP contribution is 2.60. The number of hydrogen-bond donors (Lipinski definition) is 0. The maximum atomic E-state index is 6.85. The molecule has 5 heteroatoms. The van der Waals surface area contributed by atoms with Crippen LogP contribution in [0.25, 0.3) is 0 Å². The van der Waals surface area contributed by atoms with Gasteiger partial charge in [0.25, 0.3) is 0 Å². The smallest absolute Gasteiger partial charge is 0.192 e. The van der Waals surface area contributed by atoms with Gasteiger partial charge in [0.2, 0.25) is 0 Å². The minimum absolute atomic E-state index is 0.0251. The van der Waals surface area contributed by atoms with E-state index in [1.165, 1.54) is 5.57 Å². The van der Waals surface area contributed by atoms with E-state index < -0.39 is 8.32 Å². The van der Waals surface area contributed by atoms with Gasteiger partial charge in [-0.05, 0) is 58.2 Å². The molecule has 1 unspecified atom stereocenters. The fraction of sp³-hybridized carbons (Fsp3) is 0.909. The zero-order chi connectivity index (χ0) is 20.3. The van der Waals surface area contributed by atoms with Crippen molar-refractivity contribution in [3.63, 3.8) is 0 Å². The summed E-state index contributed by atoms with van der Waals surface area (Å²) in [5.41, 5.74) is 1.09. The molecule has 27 heavy (non-hydrogen) atoms. The molecule has 6 atom stereocenters. The van der Waals surface area contributed by atoms with Gasteiger partial charge >= 0.3 is 0 Å². The Labute approximate surface area is 167 Å². The van der Waals surface area contributed by atoms with Crippen molar-refractivity contribution in [2.45, 2.75) is 108 Å². The molecule has 3 rings (SSSR count). The second kappa shape index (κ2) is 6.94. The van der Waals surface area contributed by atoms with Gasteiger partial charge in [0, 0.05) is 7.11 Å². The van der Waals surface area contributed by atoms with Gasteiger partial charge in [-0.25, -0.2) is 0 Å². The Hall–Kier alpha value is -0.203. The van der Waals surface area contributed by atoms with Gasteiger partial charge in [-0.3, -0.25) is 0 Å². The van der Waals surface area contributed by atoms with Crippen LogP contribution in [-0.4, -0.2) is 51.5 Å². The van der Waals surface area contributed by atoms with Crippen molar-refractivity contribution < 1.29 is 18.6 Å². The SMILES string of the molecule is CO[C@H]1[C@H](C2(C)O[C@@H]2CC=C(C)C)[C@]2(CC[C@H]1O[Si](C)(C)C(C)(C)C)CO2. The van der Waals surface area contributed by atoms with Crippen LogP contribution in [0.4, 0.5) is 0 Å². The van der Waals surface area contributed by atoms with E-state index >= 15 is 0 Å². The molecule has 0 aromatic carbocycles. The first-order valence-corrected chi connectivity index (χ1v) is 13.4. The first-order valence-electron chi connectivity index (χ1n) is 10.5. The monoisotopic (exact) mass is 396 g/mol. The number of allylic oxidation sites excluding steroid dienone is 1. The molecule has 4 nitrogen and oxygen atoms in total. The van der Waals surface area contributed by atoms with Gasteiger partial charge in [0.15, 0.2) is 8.32 Å². The molecule has 0 amide bonds. The molecule has 1 aliphatic carbocycles. The summed E-state index contributed by atoms with van der Waals surface area (Å²) in [7, 11) is -0.0316. The Morgan fingerprint density at radius 3 is 2.37 bits per heavy atom. The average Bonchev–Trinajstić information content (AvgIpc) is 3.44. The highest BCUT2D eigenvalue weighted by molar-refractivity contribution is 6.74. The third kappa shape index (κ3) is 3.95. The molecule has 0 aromatic heterocycles. The molecule has 0 radical (unpaired) electrons. The van der Waals surface area contributed by atoms with E-state index in [4.69, 9.17) is 18.6 Å². The molecule has 156 valence electrons. The minimum atomic E-state index is -1.86. The summed E-state index contributed by atoms with van der Waals surface area (Å²) in [6, 6.07) is 0. The fourth-order valence-corrected chi connectivity index (χ4v) is 5.99. The Morgan fingerprint density at radius 2 is 1.89 bits per heavy atom. The summed E-state index contributed by atoms with van der Waals surface area (Å²) < 4.78 is 25.3. The Balaban J connectivity index is 1.81. The third-order valence-corrected chi connectivity index (χ3v) is 12.0. The van der Waals surface area contributed by atoms with Gasteiger partial charge in [-0.15, -0.1) is 0 Å². The van der Waals surface area contributed by atoms with Crippen LogP contribution in [0.3, 0.4) is 0 Å². The van der Waals surface area contributed by atoms with Gasteiger partial charge in [0.1, 0.15) is 5.60 Å². The van der Waals surface area contributed by atoms with E-state index in [2.05, 4.69) is 60.7 Å². The second-order valence-electron chi connectivity index (χ2n) is 10.8. The normalized spacial score (nSPS) is 41.5. The number of epoxide rings is 2. The number of rotatable bonds is 6. The predicted molar refractivity (Wildman–Crippen MR) is 112 cm³/mol. The van der Waals surface area contributed by atoms with Crippen molar-refractivity contribution in [2.75, 3.05) is 13.7 Å². The van der Waals surface area contributed by atoms with E-state index in [-0.39, 0.29) is 40.5 Å². The van der Waals surface area contributed by atoms with Crippen molar-refractivity contribution in [1.82, 2.24) is 0 Å². The largest absolute Gasteiger partial charge is 0.411 e. The molecular weight excluding hydrogens is 356 g/mol. The molecule has 2 heterocycles. The van der Waals surface area contributed by atoms with Crippen LogP contribution in [0.1, 0.15) is 60.8 Å². The lowest BCUT2D eigenvalue weighted by molar-refractivity contribution is -0.111. The molecule has 2 aliphatic heterocycles. The minimum Gasteiger partial charge on any atom is -0.411 e. The van der Waals surface area contributed by atoms with E-state index in [1.54, 1.807) is 0 Å². The number of ether oxygens (including phenoxy) is 3. The Kier molecular flexibility index (Phi) is 5.53. The van der Waals surface area contributed by atoms with E-state index in [9.17, 15) is 0 Å². The van der Waals surface area contributed by atoms with Crippen molar-refractivity contribution in [2.24, 2.45) is 5.92 Å². The Morgan fingerprint density at radius 1 is 1.26 bits per heavy atom. The van der Waals surface area contributed by atoms with Crippen LogP contribution < -0.4 is 0 Å². The van der Waals surface area contributed by atoms with E-state index in [0.29, 0.717) is 0 Å². The van der Waals surface area contributed by atoms with Gasteiger partial charge in [-0.1, -0.05) is 32.4 Å². The predicted octanol–water partition coefficient (Wildman–Crippen LogP) is 5.08. The maximum Gasteiger partial charge on any atom is 0.192 e. The van der Waals surface area contributed by atoms with Crippen LogP contribution in [0, 0.1) is 5.92 Å². The highest BCUT2D eigenvalue weighted by atomic mass is 28.4. The summed E-state index contributed by atoms with van der Waals surface area (Å²) in [5, 5.41) is 0.192. The fourth-order valence-electron chi connectivity index (χ4n) is 4.63. The summed E-state index contributed by atoms with van der Waals surface area (Å²) in [6.07, 6.45) is 5.71. The summed E-state index contributed by atoms with van der Waals surface area (Å²) in [6.45, 7) is 18.9. The Bertz CT molecular complexity index is 586. The first-order chi connectivity index (χ1) is 12.4. The van der Waals surface area contributed by atoms with Crippen molar-refractivity contribution in [3.8, 4) is 0 Å². The molecule has 0 bridgehead atoms. The molecule has 1 saturated carbocycles. The lowest BCUT2D eigenvalue weighted by Crippen LogP contribution is -2.58. The average molecular weight is 397 g/mol. The molecule has 0 N–H and O–H groups in total. The highest BCUT2D eigenvalue weighted by Gasteiger charge is 2.72. The molecule has 1 spiro atoms. The van der Waals surface area contributed by atoms with Crippen molar-refractivity contribution in [1.29, 1.82) is 0 Å². The van der Waals surface area contributed by atoms with Gasteiger partial charge in [-0.2, -0.15) is 0 Å². The van der Waals surface area contributed by atoms with E-state index in [1.807, 2.05) is 7.11 Å². The van der Waals surface area contributed by atoms with Gasteiger partial charge < -0.3 is 18.6 Å². The summed E-state index contributed by atoms with van der Waals surface area (Å²) in [5.74, 6) is 0.231. The number of methoxy groups -OCH3 is 1. The molecule has 3 fully saturated rings. The van der Waals surface area contributed by atoms with Gasteiger partial charge in [0.05, 0.1) is 36.4 Å². The zero-order valence-corrected chi connectivity index (χ0v) is 19.8. The molecule has 0 aromatic rings. The van der Waals surface area contributed by atoms with Crippen LogP contribution in [0.5, 0.6) is 0 Å². The molecule has 3 aliphatic rings. The summed E-state index contributed by atoms with van der Waals surface area (Å²) in [4.78, 5) is 0. The third-order valence-electron chi connectivity index (χ3n) is 7.49. The first kappa shape index (κ1) is 21.5. The standard InChI is InChI=1S/C22H40O4Si/c1-15(2)10-11-17-21(6,25-17)19-18(23-7)16(12-13-22(19)14-24-22)26-27(8,9)20(3,4)5/h10,16-19H,11-14H2,1-9H3/t16-,17-,18-,19-,21?,22+/m1/s1. The van der Waals surface area contributed by atoms with Crippen LogP contribution in [0.15, 0.2) is 11.6 Å². The lowest BCUT2D eigenvalue weighted by atomic mass is 9.68. The molecular formula is C22H40O4Si. The lowest BCUT2D eigenvalue weighted by Gasteiger charge is -2.47. The summed E-state index contributed by atoms with van der Waals surface area (Å²) >= 11 is 0. The quantitative estimate of drug-likeness (QED) is 0.356. The topological polar surface area (TPSA) is 43.5 Å². The molecule has 2 saturated heterocycles. The van der Waals surface area contributed by atoms with Crippen LogP contribution in [-0.2, 0) is 18.6 Å². The van der Waals surface area contributed by atoms with Crippen LogP contribution >= 0.6 is 0 Å². The second-order valence-corrected chi connectivity index (χ2v) is 15.6.